The van der Waals surface area contributed by atoms with E-state index in [2.05, 4.69) is 20.6 Å². The predicted octanol–water partition coefficient (Wildman–Crippen LogP) is 5.16. The van der Waals surface area contributed by atoms with Gasteiger partial charge in [-0.1, -0.05) is 6.07 Å². The third-order valence-electron chi connectivity index (χ3n) is 8.88. The molecule has 0 aliphatic heterocycles. The Bertz CT molecular complexity index is 1620. The number of anilines is 2. The summed E-state index contributed by atoms with van der Waals surface area (Å²) in [5.74, 6) is 2.24. The summed E-state index contributed by atoms with van der Waals surface area (Å²) in [5.41, 5.74) is 2.10. The van der Waals surface area contributed by atoms with E-state index in [0.29, 0.717) is 57.9 Å². The van der Waals surface area contributed by atoms with Gasteiger partial charge < -0.3 is 25.5 Å². The number of rotatable bonds is 6. The molecule has 204 valence electrons. The molecule has 4 atom stereocenters. The minimum atomic E-state index is -0.691. The summed E-state index contributed by atoms with van der Waals surface area (Å²) in [7, 11) is 1.59. The fraction of sp³-hybridized carbons (Fsp3) is 0.355. The van der Waals surface area contributed by atoms with Gasteiger partial charge in [0.15, 0.2) is 0 Å². The number of hydrogen-bond acceptors (Lipinski definition) is 6. The highest BCUT2D eigenvalue weighted by molar-refractivity contribution is 6.05. The highest BCUT2D eigenvalue weighted by Gasteiger charge is 2.60. The van der Waals surface area contributed by atoms with Crippen LogP contribution >= 0.6 is 0 Å². The smallest absolute Gasteiger partial charge is 0.256 e. The Morgan fingerprint density at radius 2 is 1.85 bits per heavy atom. The van der Waals surface area contributed by atoms with Crippen LogP contribution in [0, 0.1) is 17.3 Å². The molecule has 0 saturated heterocycles. The van der Waals surface area contributed by atoms with Crippen molar-refractivity contribution in [3.63, 3.8) is 0 Å². The summed E-state index contributed by atoms with van der Waals surface area (Å²) >= 11 is 0. The molecule has 2 aromatic heterocycles. The Kier molecular flexibility index (Phi) is 5.67. The van der Waals surface area contributed by atoms with Gasteiger partial charge in [0.25, 0.3) is 5.91 Å². The molecule has 9 nitrogen and oxygen atoms in total. The van der Waals surface area contributed by atoms with Crippen LogP contribution in [0.3, 0.4) is 0 Å². The standard InChI is InChI=1S/C31H31N5O4/c1-40-25-12-21(33-29(38)30-13-18-10-19(14-30)16-31(39,15-18)17-30)6-7-22(25)27-34-23-8-5-20(11-24(23)35-27)28(37)36-26-4-2-3-9-32-26/h2-9,11-12,18-19,39H,10,13-17H2,1H3,(H,33,38)(H,34,35)(H,32,36,37)/t18-,19+,30?,31?. The molecular formula is C31H31N5O4. The summed E-state index contributed by atoms with van der Waals surface area (Å²) in [5, 5.41) is 17.0. The summed E-state index contributed by atoms with van der Waals surface area (Å²) in [4.78, 5) is 38.4. The number of amides is 2. The zero-order valence-corrected chi connectivity index (χ0v) is 22.2. The molecule has 2 unspecified atom stereocenters. The molecule has 2 amide bonds. The number of fused-ring (bicyclic) bond motifs is 1. The second-order valence-corrected chi connectivity index (χ2v) is 11.8. The maximum absolute atomic E-state index is 13.6. The maximum atomic E-state index is 13.6. The lowest BCUT2D eigenvalue weighted by molar-refractivity contribution is -0.174. The molecule has 4 aromatic rings. The summed E-state index contributed by atoms with van der Waals surface area (Å²) in [6.45, 7) is 0. The van der Waals surface area contributed by atoms with Crippen molar-refractivity contribution in [3.8, 4) is 17.1 Å². The monoisotopic (exact) mass is 537 g/mol. The van der Waals surface area contributed by atoms with Crippen molar-refractivity contribution in [2.24, 2.45) is 17.3 Å². The molecule has 4 aliphatic rings. The molecule has 8 rings (SSSR count). The lowest BCUT2D eigenvalue weighted by atomic mass is 9.47. The molecule has 4 N–H and O–H groups in total. The van der Waals surface area contributed by atoms with Crippen LogP contribution in [0.1, 0.15) is 48.9 Å². The average Bonchev–Trinajstić information content (AvgIpc) is 3.35. The number of hydrogen-bond donors (Lipinski definition) is 4. The van der Waals surface area contributed by atoms with Crippen LogP contribution in [0.4, 0.5) is 11.5 Å². The average molecular weight is 538 g/mol. The van der Waals surface area contributed by atoms with Gasteiger partial charge in [-0.25, -0.2) is 9.97 Å². The van der Waals surface area contributed by atoms with Gasteiger partial charge >= 0.3 is 0 Å². The van der Waals surface area contributed by atoms with Crippen LogP contribution in [0.15, 0.2) is 60.8 Å². The maximum Gasteiger partial charge on any atom is 0.256 e. The van der Waals surface area contributed by atoms with Crippen LogP contribution < -0.4 is 15.4 Å². The van der Waals surface area contributed by atoms with Crippen molar-refractivity contribution < 1.29 is 19.4 Å². The molecule has 0 spiro atoms. The molecule has 2 aromatic carbocycles. The van der Waals surface area contributed by atoms with Crippen LogP contribution in [0.25, 0.3) is 22.4 Å². The van der Waals surface area contributed by atoms with E-state index in [4.69, 9.17) is 9.72 Å². The van der Waals surface area contributed by atoms with Crippen molar-refractivity contribution in [2.75, 3.05) is 17.7 Å². The van der Waals surface area contributed by atoms with Crippen LogP contribution in [-0.4, -0.2) is 44.6 Å². The van der Waals surface area contributed by atoms with E-state index in [9.17, 15) is 14.7 Å². The largest absolute Gasteiger partial charge is 0.496 e. The normalized spacial score (nSPS) is 26.6. The Morgan fingerprint density at radius 3 is 2.58 bits per heavy atom. The van der Waals surface area contributed by atoms with Crippen molar-refractivity contribution in [1.82, 2.24) is 15.0 Å². The predicted molar refractivity (Wildman–Crippen MR) is 151 cm³/mol. The number of nitrogens with zero attached hydrogens (tertiary/aromatic N) is 2. The Balaban J connectivity index is 1.11. The third-order valence-corrected chi connectivity index (χ3v) is 8.88. The molecule has 2 heterocycles. The van der Waals surface area contributed by atoms with Gasteiger partial charge in [-0.05, 0) is 92.8 Å². The number of carbonyl (C=O) groups excluding carboxylic acids is 2. The SMILES string of the molecule is COc1cc(NC(=O)C23C[C@@H]4C[C@@H](CC(O)(C4)C2)C3)ccc1-c1nc2ccc(C(=O)Nc3ccccn3)cc2[nH]1. The Morgan fingerprint density at radius 1 is 1.02 bits per heavy atom. The fourth-order valence-electron chi connectivity index (χ4n) is 7.61. The van der Waals surface area contributed by atoms with Crippen LogP contribution in [-0.2, 0) is 4.79 Å². The number of aliphatic hydroxyl groups is 1. The van der Waals surface area contributed by atoms with Gasteiger partial charge in [0, 0.05) is 23.5 Å². The third kappa shape index (κ3) is 4.30. The van der Waals surface area contributed by atoms with Gasteiger partial charge in [0.05, 0.1) is 34.7 Å². The Hall–Kier alpha value is -4.24. The molecule has 40 heavy (non-hydrogen) atoms. The number of aromatic nitrogens is 3. The first-order valence-electron chi connectivity index (χ1n) is 13.8. The minimum Gasteiger partial charge on any atom is -0.496 e. The summed E-state index contributed by atoms with van der Waals surface area (Å²) < 4.78 is 5.69. The number of methoxy groups -OCH3 is 1. The second kappa shape index (κ2) is 9.16. The summed E-state index contributed by atoms with van der Waals surface area (Å²) in [6, 6.07) is 16.1. The zero-order chi connectivity index (χ0) is 27.5. The highest BCUT2D eigenvalue weighted by Crippen LogP contribution is 2.61. The van der Waals surface area contributed by atoms with E-state index in [1.54, 1.807) is 49.7 Å². The van der Waals surface area contributed by atoms with Gasteiger partial charge in [-0.2, -0.15) is 0 Å². The molecule has 4 fully saturated rings. The first-order chi connectivity index (χ1) is 19.3. The minimum absolute atomic E-state index is 0.00456. The molecule has 4 bridgehead atoms. The zero-order valence-electron chi connectivity index (χ0n) is 22.2. The number of benzene rings is 2. The van der Waals surface area contributed by atoms with Gasteiger partial charge in [-0.15, -0.1) is 0 Å². The lowest BCUT2D eigenvalue weighted by Crippen LogP contribution is -2.59. The molecular weight excluding hydrogens is 506 g/mol. The van der Waals surface area contributed by atoms with E-state index in [0.717, 1.165) is 37.7 Å². The number of pyridine rings is 1. The first kappa shape index (κ1) is 24.8. The number of nitrogens with one attached hydrogen (secondary N) is 3. The molecule has 4 aliphatic carbocycles. The fourth-order valence-corrected chi connectivity index (χ4v) is 7.61. The highest BCUT2D eigenvalue weighted by atomic mass is 16.5. The summed E-state index contributed by atoms with van der Waals surface area (Å²) in [6.07, 6.45) is 6.67. The van der Waals surface area contributed by atoms with E-state index < -0.39 is 11.0 Å². The molecule has 4 saturated carbocycles. The van der Waals surface area contributed by atoms with Crippen molar-refractivity contribution in [2.45, 2.75) is 44.1 Å². The second-order valence-electron chi connectivity index (χ2n) is 11.8. The Labute approximate surface area is 231 Å². The van der Waals surface area contributed by atoms with Gasteiger partial charge in [0.2, 0.25) is 5.91 Å². The van der Waals surface area contributed by atoms with E-state index in [-0.39, 0.29) is 11.8 Å². The number of ether oxygens (including phenoxy) is 1. The van der Waals surface area contributed by atoms with Crippen LogP contribution in [0.5, 0.6) is 5.75 Å². The topological polar surface area (TPSA) is 129 Å². The van der Waals surface area contributed by atoms with Crippen molar-refractivity contribution in [3.05, 3.63) is 66.4 Å². The lowest BCUT2D eigenvalue weighted by Gasteiger charge is -2.59. The molecule has 9 heteroatoms. The van der Waals surface area contributed by atoms with E-state index in [1.165, 1.54) is 0 Å². The van der Waals surface area contributed by atoms with Crippen LogP contribution in [0.2, 0.25) is 0 Å². The van der Waals surface area contributed by atoms with Gasteiger partial charge in [-0.3, -0.25) is 9.59 Å². The number of H-pyrrole nitrogens is 1. The van der Waals surface area contributed by atoms with Crippen molar-refractivity contribution in [1.29, 1.82) is 0 Å². The van der Waals surface area contributed by atoms with Gasteiger partial charge in [0.1, 0.15) is 17.4 Å². The number of aromatic amines is 1. The quantitative estimate of drug-likeness (QED) is 0.269. The number of imidazole rings is 1. The molecule has 0 radical (unpaired) electrons. The van der Waals surface area contributed by atoms with E-state index in [1.807, 2.05) is 18.2 Å². The number of carbonyl (C=O) groups is 2. The van der Waals surface area contributed by atoms with E-state index >= 15 is 0 Å². The van der Waals surface area contributed by atoms with Crippen molar-refractivity contribution >= 4 is 34.4 Å². The first-order valence-corrected chi connectivity index (χ1v) is 13.8.